The zero-order valence-electron chi connectivity index (χ0n) is 11.9. The van der Waals surface area contributed by atoms with Gasteiger partial charge < -0.3 is 15.0 Å². The third-order valence-corrected chi connectivity index (χ3v) is 3.18. The molecule has 1 aliphatic rings. The highest BCUT2D eigenvalue weighted by atomic mass is 16.5. The molecular formula is C15H22N2O2. The lowest BCUT2D eigenvalue weighted by Gasteiger charge is -2.31. The molecule has 2 rings (SSSR count). The topological polar surface area (TPSA) is 41.6 Å². The minimum absolute atomic E-state index is 0.0578. The van der Waals surface area contributed by atoms with Gasteiger partial charge in [-0.2, -0.15) is 0 Å². The lowest BCUT2D eigenvalue weighted by Crippen LogP contribution is -2.43. The average Bonchev–Trinajstić information content (AvgIpc) is 2.37. The number of amides is 1. The highest BCUT2D eigenvalue weighted by Gasteiger charge is 2.20. The Labute approximate surface area is 114 Å². The normalized spacial score (nSPS) is 14.0. The molecule has 0 saturated carbocycles. The molecule has 1 aromatic carbocycles. The number of hydrogen-bond donors (Lipinski definition) is 1. The van der Waals surface area contributed by atoms with Crippen LogP contribution in [0.2, 0.25) is 0 Å². The smallest absolute Gasteiger partial charge is 0.239 e. The number of anilines is 1. The van der Waals surface area contributed by atoms with Crippen molar-refractivity contribution in [3.63, 3.8) is 0 Å². The number of nitrogens with zero attached hydrogens (tertiary/aromatic N) is 1. The number of benzene rings is 1. The first kappa shape index (κ1) is 13.7. The van der Waals surface area contributed by atoms with Crippen LogP contribution in [0.25, 0.3) is 0 Å². The molecule has 0 saturated heterocycles. The number of carbonyl (C=O) groups is 1. The van der Waals surface area contributed by atoms with Gasteiger partial charge in [-0.05, 0) is 38.0 Å². The Hall–Kier alpha value is -1.71. The molecule has 0 radical (unpaired) electrons. The van der Waals surface area contributed by atoms with Crippen LogP contribution in [-0.2, 0) is 11.2 Å². The van der Waals surface area contributed by atoms with E-state index >= 15 is 0 Å². The number of hydrogen-bond acceptors (Lipinski definition) is 3. The molecule has 4 heteroatoms. The first-order valence-electron chi connectivity index (χ1n) is 6.90. The first-order valence-corrected chi connectivity index (χ1v) is 6.90. The predicted octanol–water partition coefficient (Wildman–Crippen LogP) is 1.97. The Morgan fingerprint density at radius 3 is 2.95 bits per heavy atom. The molecule has 1 amide bonds. The molecular weight excluding hydrogens is 240 g/mol. The highest BCUT2D eigenvalue weighted by Crippen LogP contribution is 2.32. The molecule has 0 aliphatic carbocycles. The van der Waals surface area contributed by atoms with Gasteiger partial charge in [0.1, 0.15) is 12.4 Å². The van der Waals surface area contributed by atoms with Crippen LogP contribution in [0.5, 0.6) is 5.75 Å². The van der Waals surface area contributed by atoms with Crippen LogP contribution in [0.15, 0.2) is 18.2 Å². The summed E-state index contributed by atoms with van der Waals surface area (Å²) in [5.41, 5.74) is 2.27. The summed E-state index contributed by atoms with van der Waals surface area (Å²) in [6.07, 6.45) is 0.991. The van der Waals surface area contributed by atoms with Crippen molar-refractivity contribution in [2.24, 2.45) is 0 Å². The SMILES string of the molecule is CCc1ccc2c(c1)OCCN2CC(=O)NC(C)C. The summed E-state index contributed by atoms with van der Waals surface area (Å²) >= 11 is 0. The van der Waals surface area contributed by atoms with Crippen molar-refractivity contribution in [1.82, 2.24) is 5.32 Å². The molecule has 1 aliphatic heterocycles. The van der Waals surface area contributed by atoms with E-state index in [0.29, 0.717) is 13.2 Å². The van der Waals surface area contributed by atoms with Crippen molar-refractivity contribution < 1.29 is 9.53 Å². The van der Waals surface area contributed by atoms with E-state index in [9.17, 15) is 4.79 Å². The van der Waals surface area contributed by atoms with E-state index in [1.165, 1.54) is 5.56 Å². The Morgan fingerprint density at radius 1 is 1.47 bits per heavy atom. The van der Waals surface area contributed by atoms with Gasteiger partial charge >= 0.3 is 0 Å². The fraction of sp³-hybridized carbons (Fsp3) is 0.533. The molecule has 104 valence electrons. The summed E-state index contributed by atoms with van der Waals surface area (Å²) in [6, 6.07) is 6.40. The van der Waals surface area contributed by atoms with Crippen molar-refractivity contribution in [3.8, 4) is 5.75 Å². The number of ether oxygens (including phenoxy) is 1. The van der Waals surface area contributed by atoms with Crippen LogP contribution in [-0.4, -0.2) is 31.6 Å². The summed E-state index contributed by atoms with van der Waals surface area (Å²) in [4.78, 5) is 13.9. The summed E-state index contributed by atoms with van der Waals surface area (Å²) in [5, 5.41) is 2.92. The van der Waals surface area contributed by atoms with Crippen LogP contribution in [0.1, 0.15) is 26.3 Å². The monoisotopic (exact) mass is 262 g/mol. The fourth-order valence-corrected chi connectivity index (χ4v) is 2.25. The van der Waals surface area contributed by atoms with E-state index in [4.69, 9.17) is 4.74 Å². The second-order valence-corrected chi connectivity index (χ2v) is 5.15. The molecule has 0 spiro atoms. The lowest BCUT2D eigenvalue weighted by molar-refractivity contribution is -0.120. The van der Waals surface area contributed by atoms with Crippen LogP contribution in [0.4, 0.5) is 5.69 Å². The van der Waals surface area contributed by atoms with Gasteiger partial charge in [-0.25, -0.2) is 0 Å². The molecule has 0 unspecified atom stereocenters. The summed E-state index contributed by atoms with van der Waals surface area (Å²) in [5.74, 6) is 0.949. The van der Waals surface area contributed by atoms with Crippen molar-refractivity contribution in [3.05, 3.63) is 23.8 Å². The van der Waals surface area contributed by atoms with Crippen molar-refractivity contribution in [1.29, 1.82) is 0 Å². The van der Waals surface area contributed by atoms with Crippen molar-refractivity contribution in [2.45, 2.75) is 33.2 Å². The molecule has 1 aromatic rings. The van der Waals surface area contributed by atoms with Gasteiger partial charge in [0.2, 0.25) is 5.91 Å². The highest BCUT2D eigenvalue weighted by molar-refractivity contribution is 5.82. The maximum absolute atomic E-state index is 11.9. The predicted molar refractivity (Wildman–Crippen MR) is 76.8 cm³/mol. The lowest BCUT2D eigenvalue weighted by atomic mass is 10.1. The Morgan fingerprint density at radius 2 is 2.26 bits per heavy atom. The van der Waals surface area contributed by atoms with Gasteiger partial charge in [-0.1, -0.05) is 13.0 Å². The zero-order chi connectivity index (χ0) is 13.8. The minimum atomic E-state index is 0.0578. The maximum atomic E-state index is 11.9. The molecule has 1 N–H and O–H groups in total. The fourth-order valence-electron chi connectivity index (χ4n) is 2.25. The molecule has 1 heterocycles. The quantitative estimate of drug-likeness (QED) is 0.902. The molecule has 19 heavy (non-hydrogen) atoms. The molecule has 0 aromatic heterocycles. The standard InChI is InChI=1S/C15H22N2O2/c1-4-12-5-6-13-14(9-12)19-8-7-17(13)10-15(18)16-11(2)3/h5-6,9,11H,4,7-8,10H2,1-3H3,(H,16,18). The number of rotatable bonds is 4. The van der Waals surface area contributed by atoms with E-state index in [1.807, 2.05) is 13.8 Å². The summed E-state index contributed by atoms with van der Waals surface area (Å²) in [6.45, 7) is 7.84. The molecule has 0 bridgehead atoms. The average molecular weight is 262 g/mol. The van der Waals surface area contributed by atoms with Crippen LogP contribution in [0.3, 0.4) is 0 Å². The summed E-state index contributed by atoms with van der Waals surface area (Å²) < 4.78 is 5.69. The Kier molecular flexibility index (Phi) is 4.30. The van der Waals surface area contributed by atoms with Crippen LogP contribution < -0.4 is 15.0 Å². The number of fused-ring (bicyclic) bond motifs is 1. The van der Waals surface area contributed by atoms with E-state index in [2.05, 4.69) is 35.3 Å². The van der Waals surface area contributed by atoms with Crippen LogP contribution >= 0.6 is 0 Å². The van der Waals surface area contributed by atoms with Crippen LogP contribution in [0, 0.1) is 0 Å². The summed E-state index contributed by atoms with van der Waals surface area (Å²) in [7, 11) is 0. The van der Waals surface area contributed by atoms with E-state index in [0.717, 1.165) is 24.4 Å². The van der Waals surface area contributed by atoms with Gasteiger partial charge in [-0.3, -0.25) is 4.79 Å². The Bertz CT molecular complexity index is 457. The molecule has 0 fully saturated rings. The third-order valence-electron chi connectivity index (χ3n) is 3.18. The van der Waals surface area contributed by atoms with Gasteiger partial charge in [0.25, 0.3) is 0 Å². The third kappa shape index (κ3) is 3.40. The minimum Gasteiger partial charge on any atom is -0.490 e. The van der Waals surface area contributed by atoms with E-state index in [-0.39, 0.29) is 11.9 Å². The van der Waals surface area contributed by atoms with Crippen molar-refractivity contribution >= 4 is 11.6 Å². The van der Waals surface area contributed by atoms with E-state index in [1.54, 1.807) is 0 Å². The second kappa shape index (κ2) is 5.95. The molecule has 0 atom stereocenters. The number of aryl methyl sites for hydroxylation is 1. The van der Waals surface area contributed by atoms with Gasteiger partial charge in [0, 0.05) is 6.04 Å². The molecule has 4 nitrogen and oxygen atoms in total. The van der Waals surface area contributed by atoms with Gasteiger partial charge in [0.15, 0.2) is 0 Å². The van der Waals surface area contributed by atoms with Gasteiger partial charge in [0.05, 0.1) is 18.8 Å². The maximum Gasteiger partial charge on any atom is 0.239 e. The van der Waals surface area contributed by atoms with Crippen molar-refractivity contribution in [2.75, 3.05) is 24.6 Å². The Balaban J connectivity index is 2.11. The van der Waals surface area contributed by atoms with Gasteiger partial charge in [-0.15, -0.1) is 0 Å². The zero-order valence-corrected chi connectivity index (χ0v) is 11.9. The number of carbonyl (C=O) groups excluding carboxylic acids is 1. The van der Waals surface area contributed by atoms with E-state index < -0.39 is 0 Å². The largest absolute Gasteiger partial charge is 0.490 e. The second-order valence-electron chi connectivity index (χ2n) is 5.15. The number of nitrogens with one attached hydrogen (secondary N) is 1. The first-order chi connectivity index (χ1) is 9.10.